The van der Waals surface area contributed by atoms with Crippen molar-refractivity contribution in [3.05, 3.63) is 80.8 Å². The van der Waals surface area contributed by atoms with Crippen LogP contribution in [-0.4, -0.2) is 37.5 Å². The summed E-state index contributed by atoms with van der Waals surface area (Å²) in [6.45, 7) is -0.635. The van der Waals surface area contributed by atoms with E-state index in [1.54, 1.807) is 18.2 Å². The predicted octanol–water partition coefficient (Wildman–Crippen LogP) is 6.00. The Bertz CT molecular complexity index is 1520. The summed E-state index contributed by atoms with van der Waals surface area (Å²) < 4.78 is 56.9. The second kappa shape index (κ2) is 11.5. The molecule has 4 rings (SSSR count). The summed E-state index contributed by atoms with van der Waals surface area (Å²) in [5, 5.41) is 11.7. The first kappa shape index (κ1) is 28.9. The summed E-state index contributed by atoms with van der Waals surface area (Å²) >= 11 is 12.6. The van der Waals surface area contributed by atoms with Crippen LogP contribution in [0.2, 0.25) is 10.0 Å². The second-order valence-electron chi connectivity index (χ2n) is 8.56. The Morgan fingerprint density at radius 3 is 2.55 bits per heavy atom. The number of rotatable bonds is 6. The molecule has 3 aromatic carbocycles. The molecule has 208 valence electrons. The predicted molar refractivity (Wildman–Crippen MR) is 140 cm³/mol. The lowest BCUT2D eigenvalue weighted by Gasteiger charge is -2.30. The van der Waals surface area contributed by atoms with E-state index in [0.717, 1.165) is 12.1 Å². The largest absolute Gasteiger partial charge is 0.497 e. The van der Waals surface area contributed by atoms with Gasteiger partial charge in [0, 0.05) is 27.9 Å². The van der Waals surface area contributed by atoms with E-state index in [1.165, 1.54) is 37.3 Å². The third-order valence-corrected chi connectivity index (χ3v) is 6.60. The number of ether oxygens (including phenoxy) is 3. The van der Waals surface area contributed by atoms with Gasteiger partial charge in [-0.2, -0.15) is 18.4 Å². The quantitative estimate of drug-likeness (QED) is 0.376. The highest BCUT2D eigenvalue weighted by molar-refractivity contribution is 6.35. The van der Waals surface area contributed by atoms with Gasteiger partial charge in [0.15, 0.2) is 6.61 Å². The molecular weight excluding hydrogens is 574 g/mol. The minimum Gasteiger partial charge on any atom is -0.497 e. The number of nitrogens with one attached hydrogen (secondary N) is 1. The molecule has 1 N–H and O–H groups in total. The SMILES string of the molecule is COc1ccc(CN2C(=O)COc3c(Cl)cc(Cl)cc3C2C(=O)Nc2ccc(C#N)c(C(F)(F)F)c2)c(OC)c1. The fraction of sp³-hybridized carbons (Fsp3) is 0.222. The van der Waals surface area contributed by atoms with Crippen LogP contribution in [-0.2, 0) is 22.3 Å². The van der Waals surface area contributed by atoms with E-state index in [0.29, 0.717) is 23.1 Å². The highest BCUT2D eigenvalue weighted by atomic mass is 35.5. The number of amides is 2. The number of nitrogens with zero attached hydrogens (tertiary/aromatic N) is 2. The summed E-state index contributed by atoms with van der Waals surface area (Å²) in [6, 6.07) is 10.5. The minimum absolute atomic E-state index is 0.0274. The van der Waals surface area contributed by atoms with Gasteiger partial charge in [0.05, 0.1) is 43.0 Å². The maximum Gasteiger partial charge on any atom is 0.417 e. The van der Waals surface area contributed by atoms with E-state index >= 15 is 0 Å². The highest BCUT2D eigenvalue weighted by Crippen LogP contribution is 2.42. The highest BCUT2D eigenvalue weighted by Gasteiger charge is 2.39. The number of alkyl halides is 3. The summed E-state index contributed by atoms with van der Waals surface area (Å²) in [5.41, 5.74) is -1.45. The molecule has 8 nitrogen and oxygen atoms in total. The molecular formula is C27H20Cl2F3N3O5. The Balaban J connectivity index is 1.81. The van der Waals surface area contributed by atoms with Gasteiger partial charge >= 0.3 is 6.18 Å². The van der Waals surface area contributed by atoms with Crippen molar-refractivity contribution in [1.29, 1.82) is 5.26 Å². The molecule has 1 aliphatic heterocycles. The van der Waals surface area contributed by atoms with E-state index in [-0.39, 0.29) is 33.6 Å². The van der Waals surface area contributed by atoms with Gasteiger partial charge in [-0.25, -0.2) is 0 Å². The zero-order chi connectivity index (χ0) is 29.2. The minimum atomic E-state index is -4.84. The molecule has 2 amide bonds. The molecule has 40 heavy (non-hydrogen) atoms. The third kappa shape index (κ3) is 5.88. The molecule has 13 heteroatoms. The Morgan fingerprint density at radius 1 is 1.15 bits per heavy atom. The first-order valence-corrected chi connectivity index (χ1v) is 12.3. The first-order chi connectivity index (χ1) is 19.0. The summed E-state index contributed by atoms with van der Waals surface area (Å²) in [4.78, 5) is 28.3. The average Bonchev–Trinajstić information content (AvgIpc) is 3.04. The smallest absolute Gasteiger partial charge is 0.417 e. The summed E-state index contributed by atoms with van der Waals surface area (Å²) in [7, 11) is 2.90. The number of carbonyl (C=O) groups is 2. The molecule has 0 radical (unpaired) electrons. The number of fused-ring (bicyclic) bond motifs is 1. The van der Waals surface area contributed by atoms with Gasteiger partial charge < -0.3 is 24.4 Å². The van der Waals surface area contributed by atoms with Crippen molar-refractivity contribution in [3.8, 4) is 23.3 Å². The Hall–Kier alpha value is -4.14. The Kier molecular flexibility index (Phi) is 8.32. The van der Waals surface area contributed by atoms with Crippen LogP contribution in [0.3, 0.4) is 0 Å². The molecule has 0 saturated carbocycles. The fourth-order valence-corrected chi connectivity index (χ4v) is 4.82. The lowest BCUT2D eigenvalue weighted by molar-refractivity contribution is -0.140. The summed E-state index contributed by atoms with van der Waals surface area (Å²) in [6.07, 6.45) is -4.84. The monoisotopic (exact) mass is 593 g/mol. The fourth-order valence-electron chi connectivity index (χ4n) is 4.26. The van der Waals surface area contributed by atoms with Crippen molar-refractivity contribution in [2.75, 3.05) is 26.1 Å². The topological polar surface area (TPSA) is 101 Å². The zero-order valence-electron chi connectivity index (χ0n) is 20.9. The standard InChI is InChI=1S/C27H20Cl2F3N3O5/c1-38-18-6-4-15(22(10-18)39-2)12-35-23(36)13-40-25-19(7-16(28)8-21(25)29)24(35)26(37)34-17-5-3-14(11-33)20(9-17)27(30,31)32/h3-10,24H,12-13H2,1-2H3,(H,34,37). The molecule has 0 saturated heterocycles. The molecule has 1 heterocycles. The van der Waals surface area contributed by atoms with Crippen molar-refractivity contribution in [2.45, 2.75) is 18.8 Å². The van der Waals surface area contributed by atoms with Gasteiger partial charge in [-0.1, -0.05) is 23.2 Å². The van der Waals surface area contributed by atoms with E-state index in [4.69, 9.17) is 42.7 Å². The molecule has 1 aliphatic rings. The van der Waals surface area contributed by atoms with Crippen molar-refractivity contribution in [3.63, 3.8) is 0 Å². The third-order valence-electron chi connectivity index (χ3n) is 6.10. The van der Waals surface area contributed by atoms with Crippen molar-refractivity contribution in [2.24, 2.45) is 0 Å². The van der Waals surface area contributed by atoms with Crippen molar-refractivity contribution >= 4 is 40.7 Å². The van der Waals surface area contributed by atoms with Gasteiger partial charge in [0.2, 0.25) is 0 Å². The normalized spacial score (nSPS) is 14.9. The van der Waals surface area contributed by atoms with Crippen LogP contribution in [0.15, 0.2) is 48.5 Å². The maximum atomic E-state index is 13.8. The zero-order valence-corrected chi connectivity index (χ0v) is 22.4. The number of carbonyl (C=O) groups excluding carboxylic acids is 2. The van der Waals surface area contributed by atoms with Crippen LogP contribution in [0.1, 0.15) is 28.3 Å². The van der Waals surface area contributed by atoms with Crippen LogP contribution in [0.25, 0.3) is 0 Å². The van der Waals surface area contributed by atoms with Crippen LogP contribution < -0.4 is 19.5 Å². The molecule has 0 aliphatic carbocycles. The van der Waals surface area contributed by atoms with Crippen LogP contribution in [0, 0.1) is 11.3 Å². The van der Waals surface area contributed by atoms with Crippen molar-refractivity contribution < 1.29 is 37.0 Å². The Morgan fingerprint density at radius 2 is 1.90 bits per heavy atom. The summed E-state index contributed by atoms with van der Waals surface area (Å²) in [5.74, 6) is -0.603. The first-order valence-electron chi connectivity index (χ1n) is 11.5. The molecule has 0 spiro atoms. The molecule has 1 unspecified atom stereocenters. The van der Waals surface area contributed by atoms with E-state index in [1.807, 2.05) is 0 Å². The van der Waals surface area contributed by atoms with Gasteiger partial charge in [0.1, 0.15) is 23.3 Å². The number of halogens is 5. The van der Waals surface area contributed by atoms with E-state index < -0.39 is 41.8 Å². The number of anilines is 1. The van der Waals surface area contributed by atoms with Crippen LogP contribution in [0.4, 0.5) is 18.9 Å². The lowest BCUT2D eigenvalue weighted by atomic mass is 10.0. The van der Waals surface area contributed by atoms with Gasteiger partial charge in [0.25, 0.3) is 11.8 Å². The van der Waals surface area contributed by atoms with Crippen LogP contribution in [0.5, 0.6) is 17.2 Å². The number of benzene rings is 3. The number of hydrogen-bond acceptors (Lipinski definition) is 6. The van der Waals surface area contributed by atoms with Gasteiger partial charge in [-0.15, -0.1) is 0 Å². The maximum absolute atomic E-state index is 13.8. The lowest BCUT2D eigenvalue weighted by Crippen LogP contribution is -2.41. The molecule has 3 aromatic rings. The van der Waals surface area contributed by atoms with E-state index in [9.17, 15) is 22.8 Å². The van der Waals surface area contributed by atoms with Crippen molar-refractivity contribution in [1.82, 2.24) is 4.90 Å². The Labute approximate surface area is 236 Å². The second-order valence-corrected chi connectivity index (χ2v) is 9.40. The number of nitriles is 1. The molecule has 0 bridgehead atoms. The van der Waals surface area contributed by atoms with Gasteiger partial charge in [-0.3, -0.25) is 9.59 Å². The molecule has 0 aromatic heterocycles. The van der Waals surface area contributed by atoms with Crippen LogP contribution >= 0.6 is 23.2 Å². The molecule has 0 fully saturated rings. The van der Waals surface area contributed by atoms with Gasteiger partial charge in [-0.05, 0) is 42.5 Å². The number of hydrogen-bond donors (Lipinski definition) is 1. The number of methoxy groups -OCH3 is 2. The average molecular weight is 594 g/mol. The molecule has 1 atom stereocenters. The van der Waals surface area contributed by atoms with E-state index in [2.05, 4.69) is 5.32 Å².